The first-order valence-corrected chi connectivity index (χ1v) is 6.37. The zero-order chi connectivity index (χ0) is 13.3. The monoisotopic (exact) mass is 242 g/mol. The molecule has 0 aliphatic carbocycles. The molecule has 0 aromatic heterocycles. The van der Waals surface area contributed by atoms with Crippen LogP contribution in [0, 0.1) is 0 Å². The molecule has 1 atom stereocenters. The van der Waals surface area contributed by atoms with Gasteiger partial charge in [0.05, 0.1) is 0 Å². The van der Waals surface area contributed by atoms with Crippen molar-refractivity contribution in [2.24, 2.45) is 5.73 Å². The first-order chi connectivity index (χ1) is 7.58. The van der Waals surface area contributed by atoms with E-state index in [0.717, 1.165) is 25.8 Å². The molecule has 1 saturated heterocycles. The lowest BCUT2D eigenvalue weighted by atomic mass is 9.95. The van der Waals surface area contributed by atoms with E-state index >= 15 is 0 Å². The molecule has 0 aromatic carbocycles. The van der Waals surface area contributed by atoms with Gasteiger partial charge in [-0.15, -0.1) is 0 Å². The van der Waals surface area contributed by atoms with Crippen molar-refractivity contribution in [2.45, 2.75) is 71.1 Å². The summed E-state index contributed by atoms with van der Waals surface area (Å²) in [7, 11) is 0. The quantitative estimate of drug-likeness (QED) is 0.809. The van der Waals surface area contributed by atoms with E-state index in [4.69, 9.17) is 10.5 Å². The number of likely N-dealkylation sites (tertiary alicyclic amines) is 1. The van der Waals surface area contributed by atoms with Gasteiger partial charge in [-0.1, -0.05) is 0 Å². The number of amides is 1. The van der Waals surface area contributed by atoms with Crippen molar-refractivity contribution in [3.05, 3.63) is 0 Å². The van der Waals surface area contributed by atoms with Crippen LogP contribution in [0.5, 0.6) is 0 Å². The first kappa shape index (κ1) is 14.3. The van der Waals surface area contributed by atoms with Crippen LogP contribution in [-0.4, -0.2) is 34.7 Å². The molecule has 0 spiro atoms. The van der Waals surface area contributed by atoms with Gasteiger partial charge in [-0.2, -0.15) is 0 Å². The third kappa shape index (κ3) is 4.94. The molecular formula is C13H26N2O2. The number of rotatable bonds is 2. The fourth-order valence-corrected chi connectivity index (χ4v) is 2.22. The van der Waals surface area contributed by atoms with E-state index in [0.29, 0.717) is 0 Å². The van der Waals surface area contributed by atoms with Gasteiger partial charge in [-0.25, -0.2) is 4.79 Å². The van der Waals surface area contributed by atoms with Crippen LogP contribution in [0.3, 0.4) is 0 Å². The SMILES string of the molecule is CC(C)(N)CC1CCCN1C(=O)OC(C)(C)C. The van der Waals surface area contributed by atoms with Gasteiger partial charge in [0.2, 0.25) is 0 Å². The Hall–Kier alpha value is -0.770. The van der Waals surface area contributed by atoms with Crippen LogP contribution in [0.25, 0.3) is 0 Å². The number of carbonyl (C=O) groups is 1. The molecule has 0 bridgehead atoms. The molecule has 0 saturated carbocycles. The fraction of sp³-hybridized carbons (Fsp3) is 0.923. The predicted molar refractivity (Wildman–Crippen MR) is 68.8 cm³/mol. The largest absolute Gasteiger partial charge is 0.444 e. The molecule has 1 aliphatic rings. The maximum Gasteiger partial charge on any atom is 0.410 e. The van der Waals surface area contributed by atoms with Crippen LogP contribution in [-0.2, 0) is 4.74 Å². The van der Waals surface area contributed by atoms with Crippen molar-refractivity contribution >= 4 is 6.09 Å². The summed E-state index contributed by atoms with van der Waals surface area (Å²) in [6.07, 6.45) is 2.69. The average molecular weight is 242 g/mol. The molecule has 1 amide bonds. The Kier molecular flexibility index (Phi) is 4.07. The van der Waals surface area contributed by atoms with Gasteiger partial charge < -0.3 is 15.4 Å². The van der Waals surface area contributed by atoms with Gasteiger partial charge in [0.15, 0.2) is 0 Å². The topological polar surface area (TPSA) is 55.6 Å². The summed E-state index contributed by atoms with van der Waals surface area (Å²) in [5.41, 5.74) is 5.36. The fourth-order valence-electron chi connectivity index (χ4n) is 2.22. The number of nitrogens with two attached hydrogens (primary N) is 1. The molecule has 1 aliphatic heterocycles. The molecule has 4 nitrogen and oxygen atoms in total. The lowest BCUT2D eigenvalue weighted by molar-refractivity contribution is 0.0208. The zero-order valence-electron chi connectivity index (χ0n) is 11.7. The van der Waals surface area contributed by atoms with E-state index in [1.807, 2.05) is 39.5 Å². The number of nitrogens with zero attached hydrogens (tertiary/aromatic N) is 1. The van der Waals surface area contributed by atoms with Crippen LogP contribution in [0.2, 0.25) is 0 Å². The van der Waals surface area contributed by atoms with Crippen LogP contribution in [0.1, 0.15) is 53.9 Å². The van der Waals surface area contributed by atoms with Gasteiger partial charge in [0.25, 0.3) is 0 Å². The van der Waals surface area contributed by atoms with E-state index in [2.05, 4.69) is 0 Å². The summed E-state index contributed by atoms with van der Waals surface area (Å²) >= 11 is 0. The smallest absolute Gasteiger partial charge is 0.410 e. The minimum Gasteiger partial charge on any atom is -0.444 e. The normalized spacial score (nSPS) is 21.8. The van der Waals surface area contributed by atoms with Crippen molar-refractivity contribution < 1.29 is 9.53 Å². The first-order valence-electron chi connectivity index (χ1n) is 6.37. The molecule has 0 aromatic rings. The second-order valence-corrected chi connectivity index (χ2v) is 6.66. The number of hydrogen-bond acceptors (Lipinski definition) is 3. The van der Waals surface area contributed by atoms with Crippen LogP contribution in [0.4, 0.5) is 4.79 Å². The second kappa shape index (κ2) is 4.84. The zero-order valence-corrected chi connectivity index (χ0v) is 11.7. The third-order valence-corrected chi connectivity index (χ3v) is 2.77. The average Bonchev–Trinajstić information content (AvgIpc) is 2.45. The van der Waals surface area contributed by atoms with Crippen LogP contribution < -0.4 is 5.73 Å². The van der Waals surface area contributed by atoms with E-state index in [9.17, 15) is 4.79 Å². The van der Waals surface area contributed by atoms with Crippen molar-refractivity contribution in [1.82, 2.24) is 4.90 Å². The highest BCUT2D eigenvalue weighted by Gasteiger charge is 2.34. The standard InChI is InChI=1S/C13H26N2O2/c1-12(2,3)17-11(16)15-8-6-7-10(15)9-13(4,5)14/h10H,6-9,14H2,1-5H3. The molecule has 1 unspecified atom stereocenters. The van der Waals surface area contributed by atoms with Crippen molar-refractivity contribution in [3.63, 3.8) is 0 Å². The van der Waals surface area contributed by atoms with E-state index in [-0.39, 0.29) is 17.7 Å². The lowest BCUT2D eigenvalue weighted by Crippen LogP contribution is -2.45. The molecule has 1 rings (SSSR count). The summed E-state index contributed by atoms with van der Waals surface area (Å²) in [5, 5.41) is 0. The minimum absolute atomic E-state index is 0.204. The van der Waals surface area contributed by atoms with Crippen molar-refractivity contribution in [3.8, 4) is 0 Å². The predicted octanol–water partition coefficient (Wildman–Crippen LogP) is 2.51. The van der Waals surface area contributed by atoms with Crippen LogP contribution >= 0.6 is 0 Å². The Bertz CT molecular complexity index is 276. The molecule has 100 valence electrons. The number of ether oxygens (including phenoxy) is 1. The summed E-state index contributed by atoms with van der Waals surface area (Å²) in [4.78, 5) is 13.9. The molecular weight excluding hydrogens is 216 g/mol. The highest BCUT2D eigenvalue weighted by Crippen LogP contribution is 2.26. The summed E-state index contributed by atoms with van der Waals surface area (Å²) in [6, 6.07) is 0.227. The van der Waals surface area contributed by atoms with Crippen molar-refractivity contribution in [2.75, 3.05) is 6.54 Å². The van der Waals surface area contributed by atoms with E-state index < -0.39 is 5.60 Å². The minimum atomic E-state index is -0.428. The lowest BCUT2D eigenvalue weighted by Gasteiger charge is -2.31. The maximum atomic E-state index is 12.0. The molecule has 0 radical (unpaired) electrons. The third-order valence-electron chi connectivity index (χ3n) is 2.77. The summed E-state index contributed by atoms with van der Waals surface area (Å²) < 4.78 is 5.41. The van der Waals surface area contributed by atoms with Gasteiger partial charge in [0.1, 0.15) is 5.60 Å². The maximum absolute atomic E-state index is 12.0. The summed E-state index contributed by atoms with van der Waals surface area (Å²) in [6.45, 7) is 10.5. The Morgan fingerprint density at radius 2 is 1.94 bits per heavy atom. The highest BCUT2D eigenvalue weighted by atomic mass is 16.6. The van der Waals surface area contributed by atoms with Crippen LogP contribution in [0.15, 0.2) is 0 Å². The molecule has 17 heavy (non-hydrogen) atoms. The van der Waals surface area contributed by atoms with Gasteiger partial charge in [-0.3, -0.25) is 0 Å². The number of hydrogen-bond donors (Lipinski definition) is 1. The van der Waals surface area contributed by atoms with Gasteiger partial charge in [-0.05, 0) is 53.9 Å². The molecule has 1 fully saturated rings. The molecule has 1 heterocycles. The molecule has 4 heteroatoms. The van der Waals surface area contributed by atoms with Gasteiger partial charge >= 0.3 is 6.09 Å². The Morgan fingerprint density at radius 3 is 2.41 bits per heavy atom. The Balaban J connectivity index is 2.60. The van der Waals surface area contributed by atoms with E-state index in [1.54, 1.807) is 0 Å². The molecule has 2 N–H and O–H groups in total. The summed E-state index contributed by atoms with van der Waals surface area (Å²) in [5.74, 6) is 0. The highest BCUT2D eigenvalue weighted by molar-refractivity contribution is 5.68. The van der Waals surface area contributed by atoms with E-state index in [1.165, 1.54) is 0 Å². The second-order valence-electron chi connectivity index (χ2n) is 6.66. The Labute approximate surface area is 104 Å². The Morgan fingerprint density at radius 1 is 1.35 bits per heavy atom. The van der Waals surface area contributed by atoms with Crippen molar-refractivity contribution in [1.29, 1.82) is 0 Å². The van der Waals surface area contributed by atoms with Gasteiger partial charge in [0, 0.05) is 18.1 Å². The number of carbonyl (C=O) groups excluding carboxylic acids is 1.